The van der Waals surface area contributed by atoms with Gasteiger partial charge in [0, 0.05) is 19.7 Å². The first-order valence-electron chi connectivity index (χ1n) is 6.79. The molecule has 0 bridgehead atoms. The van der Waals surface area contributed by atoms with Crippen LogP contribution in [0.25, 0.3) is 0 Å². The molecule has 0 aliphatic carbocycles. The van der Waals surface area contributed by atoms with E-state index in [-0.39, 0.29) is 0 Å². The second-order valence-electron chi connectivity index (χ2n) is 5.12. The highest BCUT2D eigenvalue weighted by molar-refractivity contribution is 5.38. The van der Waals surface area contributed by atoms with Crippen LogP contribution in [0, 0.1) is 6.92 Å². The molecule has 6 heteroatoms. The number of nitrogens with zero attached hydrogens (tertiary/aromatic N) is 4. The standard InChI is InChI=1S/C15H22N4O2/c1-11-16-17-15(19(11)3)10-18(2)9-12-6-13(20-4)8-14(7-12)21-5/h6-8H,9-10H2,1-5H3. The lowest BCUT2D eigenvalue weighted by Crippen LogP contribution is -2.19. The minimum Gasteiger partial charge on any atom is -0.497 e. The van der Waals surface area contributed by atoms with Crippen molar-refractivity contribution in [1.82, 2.24) is 19.7 Å². The first-order valence-corrected chi connectivity index (χ1v) is 6.79. The second kappa shape index (κ2) is 6.58. The van der Waals surface area contributed by atoms with E-state index >= 15 is 0 Å². The summed E-state index contributed by atoms with van der Waals surface area (Å²) < 4.78 is 12.6. The van der Waals surface area contributed by atoms with Crippen molar-refractivity contribution >= 4 is 0 Å². The fourth-order valence-corrected chi connectivity index (χ4v) is 2.16. The lowest BCUT2D eigenvalue weighted by molar-refractivity contribution is 0.304. The van der Waals surface area contributed by atoms with E-state index in [2.05, 4.69) is 22.1 Å². The Hall–Kier alpha value is -2.08. The van der Waals surface area contributed by atoms with Gasteiger partial charge in [0.1, 0.15) is 23.1 Å². The topological polar surface area (TPSA) is 52.4 Å². The van der Waals surface area contributed by atoms with Crippen molar-refractivity contribution in [3.05, 3.63) is 35.4 Å². The van der Waals surface area contributed by atoms with E-state index in [1.165, 1.54) is 0 Å². The third-order valence-electron chi connectivity index (χ3n) is 3.46. The summed E-state index contributed by atoms with van der Waals surface area (Å²) in [6.07, 6.45) is 0. The van der Waals surface area contributed by atoms with E-state index in [9.17, 15) is 0 Å². The van der Waals surface area contributed by atoms with Crippen LogP contribution in [0.4, 0.5) is 0 Å². The molecule has 2 aromatic rings. The lowest BCUT2D eigenvalue weighted by atomic mass is 10.2. The fraction of sp³-hybridized carbons (Fsp3) is 0.467. The summed E-state index contributed by atoms with van der Waals surface area (Å²) in [6.45, 7) is 3.46. The van der Waals surface area contributed by atoms with Crippen LogP contribution in [0.1, 0.15) is 17.2 Å². The molecule has 2 rings (SSSR count). The van der Waals surface area contributed by atoms with Crippen molar-refractivity contribution in [3.63, 3.8) is 0 Å². The van der Waals surface area contributed by atoms with Crippen molar-refractivity contribution in [2.75, 3.05) is 21.3 Å². The van der Waals surface area contributed by atoms with Crippen LogP contribution in [-0.4, -0.2) is 40.9 Å². The van der Waals surface area contributed by atoms with E-state index in [1.807, 2.05) is 36.7 Å². The summed E-state index contributed by atoms with van der Waals surface area (Å²) in [7, 11) is 7.35. The van der Waals surface area contributed by atoms with Crippen LogP contribution in [0.3, 0.4) is 0 Å². The highest BCUT2D eigenvalue weighted by atomic mass is 16.5. The molecule has 1 aromatic carbocycles. The van der Waals surface area contributed by atoms with E-state index < -0.39 is 0 Å². The molecule has 0 saturated carbocycles. The maximum atomic E-state index is 5.29. The maximum absolute atomic E-state index is 5.29. The highest BCUT2D eigenvalue weighted by Crippen LogP contribution is 2.23. The SMILES string of the molecule is COc1cc(CN(C)Cc2nnc(C)n2C)cc(OC)c1. The van der Waals surface area contributed by atoms with E-state index in [4.69, 9.17) is 9.47 Å². The van der Waals surface area contributed by atoms with Gasteiger partial charge in [0.2, 0.25) is 0 Å². The van der Waals surface area contributed by atoms with Gasteiger partial charge in [-0.1, -0.05) is 0 Å². The molecule has 21 heavy (non-hydrogen) atoms. The van der Waals surface area contributed by atoms with Gasteiger partial charge in [-0.25, -0.2) is 0 Å². The molecule has 0 spiro atoms. The lowest BCUT2D eigenvalue weighted by Gasteiger charge is -2.17. The number of rotatable bonds is 6. The van der Waals surface area contributed by atoms with Crippen LogP contribution in [0.5, 0.6) is 11.5 Å². The largest absolute Gasteiger partial charge is 0.497 e. The Kier molecular flexibility index (Phi) is 4.80. The quantitative estimate of drug-likeness (QED) is 0.811. The molecule has 0 radical (unpaired) electrons. The molecule has 0 unspecified atom stereocenters. The van der Waals surface area contributed by atoms with E-state index in [0.29, 0.717) is 0 Å². The van der Waals surface area contributed by atoms with Crippen LogP contribution in [0.15, 0.2) is 18.2 Å². The smallest absolute Gasteiger partial charge is 0.146 e. The first-order chi connectivity index (χ1) is 10.0. The Balaban J connectivity index is 2.08. The molecular weight excluding hydrogens is 268 g/mol. The number of aryl methyl sites for hydroxylation is 1. The average Bonchev–Trinajstić information content (AvgIpc) is 2.78. The number of hydrogen-bond acceptors (Lipinski definition) is 5. The second-order valence-corrected chi connectivity index (χ2v) is 5.12. The third-order valence-corrected chi connectivity index (χ3v) is 3.46. The van der Waals surface area contributed by atoms with Crippen LogP contribution in [-0.2, 0) is 20.1 Å². The van der Waals surface area contributed by atoms with Crippen molar-refractivity contribution in [3.8, 4) is 11.5 Å². The Bertz CT molecular complexity index is 587. The molecule has 0 aliphatic rings. The summed E-state index contributed by atoms with van der Waals surface area (Å²) in [5, 5.41) is 8.26. The van der Waals surface area contributed by atoms with E-state index in [0.717, 1.165) is 41.8 Å². The molecule has 1 aromatic heterocycles. The van der Waals surface area contributed by atoms with Gasteiger partial charge in [-0.05, 0) is 31.7 Å². The molecule has 0 atom stereocenters. The van der Waals surface area contributed by atoms with Gasteiger partial charge in [-0.3, -0.25) is 4.90 Å². The van der Waals surface area contributed by atoms with Gasteiger partial charge in [0.05, 0.1) is 20.8 Å². The van der Waals surface area contributed by atoms with Crippen molar-refractivity contribution in [2.24, 2.45) is 7.05 Å². The minimum absolute atomic E-state index is 0.733. The molecule has 1 heterocycles. The summed E-state index contributed by atoms with van der Waals surface area (Å²) in [4.78, 5) is 2.18. The summed E-state index contributed by atoms with van der Waals surface area (Å²) >= 11 is 0. The predicted octanol–water partition coefficient (Wildman–Crippen LogP) is 1.77. The zero-order chi connectivity index (χ0) is 15.4. The Labute approximate surface area is 125 Å². The summed E-state index contributed by atoms with van der Waals surface area (Å²) in [5.41, 5.74) is 1.13. The van der Waals surface area contributed by atoms with Crippen LogP contribution in [0.2, 0.25) is 0 Å². The maximum Gasteiger partial charge on any atom is 0.146 e. The molecular formula is C15H22N4O2. The molecule has 0 N–H and O–H groups in total. The van der Waals surface area contributed by atoms with Crippen LogP contribution < -0.4 is 9.47 Å². The van der Waals surface area contributed by atoms with Gasteiger partial charge in [-0.2, -0.15) is 0 Å². The molecule has 0 amide bonds. The fourth-order valence-electron chi connectivity index (χ4n) is 2.16. The normalized spacial score (nSPS) is 11.0. The number of aromatic nitrogens is 3. The zero-order valence-corrected chi connectivity index (χ0v) is 13.3. The predicted molar refractivity (Wildman–Crippen MR) is 80.5 cm³/mol. The number of benzene rings is 1. The highest BCUT2D eigenvalue weighted by Gasteiger charge is 2.10. The molecule has 0 fully saturated rings. The van der Waals surface area contributed by atoms with Crippen molar-refractivity contribution in [1.29, 1.82) is 0 Å². The molecule has 0 saturated heterocycles. The summed E-state index contributed by atoms with van der Waals surface area (Å²) in [5.74, 6) is 3.46. The van der Waals surface area contributed by atoms with E-state index in [1.54, 1.807) is 14.2 Å². The van der Waals surface area contributed by atoms with Gasteiger partial charge >= 0.3 is 0 Å². The minimum atomic E-state index is 0.733. The van der Waals surface area contributed by atoms with Crippen molar-refractivity contribution < 1.29 is 9.47 Å². The Morgan fingerprint density at radius 2 is 1.67 bits per heavy atom. The number of hydrogen-bond donors (Lipinski definition) is 0. The van der Waals surface area contributed by atoms with Crippen molar-refractivity contribution in [2.45, 2.75) is 20.0 Å². The van der Waals surface area contributed by atoms with Gasteiger partial charge in [-0.15, -0.1) is 10.2 Å². The Morgan fingerprint density at radius 3 is 2.14 bits per heavy atom. The number of ether oxygens (including phenoxy) is 2. The van der Waals surface area contributed by atoms with Gasteiger partial charge in [0.15, 0.2) is 0 Å². The van der Waals surface area contributed by atoms with Crippen LogP contribution >= 0.6 is 0 Å². The Morgan fingerprint density at radius 1 is 1.05 bits per heavy atom. The average molecular weight is 290 g/mol. The number of methoxy groups -OCH3 is 2. The monoisotopic (exact) mass is 290 g/mol. The zero-order valence-electron chi connectivity index (χ0n) is 13.3. The third kappa shape index (κ3) is 3.72. The summed E-state index contributed by atoms with van der Waals surface area (Å²) in [6, 6.07) is 5.90. The van der Waals surface area contributed by atoms with Gasteiger partial charge in [0.25, 0.3) is 0 Å². The first kappa shape index (κ1) is 15.3. The molecule has 0 aliphatic heterocycles. The molecule has 6 nitrogen and oxygen atoms in total. The van der Waals surface area contributed by atoms with Gasteiger partial charge < -0.3 is 14.0 Å². The molecule has 114 valence electrons.